The quantitative estimate of drug-likeness (QED) is 0.815. The van der Waals surface area contributed by atoms with E-state index in [1.54, 1.807) is 13.8 Å². The fraction of sp³-hybridized carbons (Fsp3) is 0.522. The van der Waals surface area contributed by atoms with E-state index in [1.807, 2.05) is 35.2 Å². The minimum absolute atomic E-state index is 0.0114. The standard InChI is InChI=1S/C23H27N3O2S/c1-15-8-9-16(19-12-20(29-25-19)22(2,3)28)13-26(15)21(27)17-6-4-5-7-18(17)23(14-24)10-11-23/h4-7,12,15-16,28H,8-11,13H2,1-3H3. The second-order valence-electron chi connectivity index (χ2n) is 9.00. The van der Waals surface area contributed by atoms with Gasteiger partial charge in [-0.15, -0.1) is 0 Å². The highest BCUT2D eigenvalue weighted by atomic mass is 32.1. The number of nitrogens with zero attached hydrogens (tertiary/aromatic N) is 3. The molecule has 29 heavy (non-hydrogen) atoms. The number of amides is 1. The summed E-state index contributed by atoms with van der Waals surface area (Å²) in [7, 11) is 0. The first-order chi connectivity index (χ1) is 13.7. The summed E-state index contributed by atoms with van der Waals surface area (Å²) in [6, 6.07) is 12.2. The summed E-state index contributed by atoms with van der Waals surface area (Å²) in [5.74, 6) is 0.179. The fourth-order valence-corrected chi connectivity index (χ4v) is 5.01. The van der Waals surface area contributed by atoms with E-state index in [4.69, 9.17) is 0 Å². The lowest BCUT2D eigenvalue weighted by Crippen LogP contribution is -2.45. The monoisotopic (exact) mass is 409 g/mol. The number of hydrogen-bond acceptors (Lipinski definition) is 5. The Kier molecular flexibility index (Phi) is 5.00. The van der Waals surface area contributed by atoms with Gasteiger partial charge in [0.2, 0.25) is 0 Å². The summed E-state index contributed by atoms with van der Waals surface area (Å²) < 4.78 is 4.58. The molecule has 2 aliphatic rings. The van der Waals surface area contributed by atoms with Gasteiger partial charge in [0.05, 0.1) is 27.7 Å². The van der Waals surface area contributed by atoms with Crippen LogP contribution in [0.1, 0.15) is 78.9 Å². The normalized spacial score (nSPS) is 23.5. The van der Waals surface area contributed by atoms with Crippen LogP contribution in [-0.2, 0) is 11.0 Å². The van der Waals surface area contributed by atoms with E-state index in [-0.39, 0.29) is 17.9 Å². The fourth-order valence-electron chi connectivity index (χ4n) is 4.21. The molecule has 4 rings (SSSR count). The minimum Gasteiger partial charge on any atom is -0.385 e. The van der Waals surface area contributed by atoms with Crippen LogP contribution in [0.25, 0.3) is 0 Å². The molecule has 1 saturated carbocycles. The maximum atomic E-state index is 13.5. The third-order valence-electron chi connectivity index (χ3n) is 6.33. The second-order valence-corrected chi connectivity index (χ2v) is 9.80. The zero-order chi connectivity index (χ0) is 20.8. The van der Waals surface area contributed by atoms with Gasteiger partial charge in [0.25, 0.3) is 5.91 Å². The van der Waals surface area contributed by atoms with Crippen molar-refractivity contribution in [3.05, 3.63) is 52.0 Å². The molecule has 1 aliphatic carbocycles. The molecule has 6 heteroatoms. The number of piperidine rings is 1. The smallest absolute Gasteiger partial charge is 0.254 e. The van der Waals surface area contributed by atoms with Crippen molar-refractivity contribution in [1.82, 2.24) is 9.27 Å². The molecule has 0 bridgehead atoms. The first kappa shape index (κ1) is 20.1. The number of nitriles is 1. The SMILES string of the molecule is CC1CCC(c2cc(C(C)(C)O)sn2)CN1C(=O)c1ccccc1C1(C#N)CC1. The number of likely N-dealkylation sites (tertiary alicyclic amines) is 1. The lowest BCUT2D eigenvalue weighted by Gasteiger charge is -2.38. The van der Waals surface area contributed by atoms with Crippen LogP contribution in [0.15, 0.2) is 30.3 Å². The molecule has 2 unspecified atom stereocenters. The van der Waals surface area contributed by atoms with Crippen LogP contribution >= 0.6 is 11.5 Å². The van der Waals surface area contributed by atoms with Crippen molar-refractivity contribution >= 4 is 17.4 Å². The van der Waals surface area contributed by atoms with Crippen LogP contribution in [0.5, 0.6) is 0 Å². The van der Waals surface area contributed by atoms with E-state index in [2.05, 4.69) is 17.4 Å². The third-order valence-corrected chi connectivity index (χ3v) is 7.45. The highest BCUT2D eigenvalue weighted by Gasteiger charge is 2.47. The van der Waals surface area contributed by atoms with Crippen LogP contribution in [0.4, 0.5) is 0 Å². The first-order valence-corrected chi connectivity index (χ1v) is 11.0. The summed E-state index contributed by atoms with van der Waals surface area (Å²) in [5, 5.41) is 19.9. The Balaban J connectivity index is 1.59. The topological polar surface area (TPSA) is 77.2 Å². The zero-order valence-corrected chi connectivity index (χ0v) is 18.0. The Morgan fingerprint density at radius 2 is 2.07 bits per heavy atom. The van der Waals surface area contributed by atoms with Crippen LogP contribution < -0.4 is 0 Å². The van der Waals surface area contributed by atoms with Crippen LogP contribution in [0, 0.1) is 11.3 Å². The molecule has 1 saturated heterocycles. The van der Waals surface area contributed by atoms with Crippen molar-refractivity contribution in [3.63, 3.8) is 0 Å². The number of aromatic nitrogens is 1. The van der Waals surface area contributed by atoms with Crippen molar-refractivity contribution in [3.8, 4) is 6.07 Å². The number of rotatable bonds is 4. The Morgan fingerprint density at radius 3 is 2.69 bits per heavy atom. The summed E-state index contributed by atoms with van der Waals surface area (Å²) in [6.45, 7) is 6.24. The number of carbonyl (C=O) groups excluding carboxylic acids is 1. The first-order valence-electron chi connectivity index (χ1n) is 10.3. The summed E-state index contributed by atoms with van der Waals surface area (Å²) in [4.78, 5) is 16.3. The molecule has 1 aromatic carbocycles. The third kappa shape index (κ3) is 3.70. The zero-order valence-electron chi connectivity index (χ0n) is 17.2. The second kappa shape index (κ2) is 7.23. The van der Waals surface area contributed by atoms with Gasteiger partial charge >= 0.3 is 0 Å². The van der Waals surface area contributed by atoms with Gasteiger partial charge in [-0.25, -0.2) is 0 Å². The number of aliphatic hydroxyl groups is 1. The van der Waals surface area contributed by atoms with E-state index in [0.29, 0.717) is 12.1 Å². The molecule has 5 nitrogen and oxygen atoms in total. The summed E-state index contributed by atoms with van der Waals surface area (Å²) in [5.41, 5.74) is 1.11. The van der Waals surface area contributed by atoms with Gasteiger partial charge in [0.1, 0.15) is 0 Å². The van der Waals surface area contributed by atoms with Gasteiger partial charge in [0.15, 0.2) is 0 Å². The summed E-state index contributed by atoms with van der Waals surface area (Å²) in [6.07, 6.45) is 3.54. The minimum atomic E-state index is -0.901. The Morgan fingerprint density at radius 1 is 1.34 bits per heavy atom. The molecule has 2 aromatic rings. The average molecular weight is 410 g/mol. The maximum Gasteiger partial charge on any atom is 0.254 e. The van der Waals surface area contributed by atoms with Gasteiger partial charge in [-0.05, 0) is 75.7 Å². The van der Waals surface area contributed by atoms with Crippen molar-refractivity contribution in [2.75, 3.05) is 6.54 Å². The van der Waals surface area contributed by atoms with Gasteiger partial charge in [0, 0.05) is 24.1 Å². The van der Waals surface area contributed by atoms with Gasteiger partial charge in [-0.3, -0.25) is 4.79 Å². The van der Waals surface area contributed by atoms with Crippen molar-refractivity contribution in [1.29, 1.82) is 5.26 Å². The molecule has 0 spiro atoms. The van der Waals surface area contributed by atoms with Gasteiger partial charge in [-0.2, -0.15) is 9.64 Å². The van der Waals surface area contributed by atoms with Crippen LogP contribution in [0.2, 0.25) is 0 Å². The van der Waals surface area contributed by atoms with Crippen molar-refractivity contribution in [2.45, 2.75) is 69.4 Å². The van der Waals surface area contributed by atoms with Crippen LogP contribution in [0.3, 0.4) is 0 Å². The Labute approximate surface area is 176 Å². The molecular weight excluding hydrogens is 382 g/mol. The Bertz CT molecular complexity index is 965. The number of benzene rings is 1. The molecule has 1 amide bonds. The van der Waals surface area contributed by atoms with E-state index in [1.165, 1.54) is 11.5 Å². The molecule has 1 aliphatic heterocycles. The number of carbonyl (C=O) groups is 1. The highest BCUT2D eigenvalue weighted by molar-refractivity contribution is 7.06. The average Bonchev–Trinajstić information content (AvgIpc) is 3.34. The predicted molar refractivity (Wildman–Crippen MR) is 113 cm³/mol. The van der Waals surface area contributed by atoms with Gasteiger partial charge < -0.3 is 10.0 Å². The maximum absolute atomic E-state index is 13.5. The van der Waals surface area contributed by atoms with Gasteiger partial charge in [-0.1, -0.05) is 18.2 Å². The molecule has 1 N–H and O–H groups in total. The van der Waals surface area contributed by atoms with Crippen LogP contribution in [-0.4, -0.2) is 32.9 Å². The van der Waals surface area contributed by atoms with E-state index in [9.17, 15) is 15.2 Å². The highest BCUT2D eigenvalue weighted by Crippen LogP contribution is 2.49. The lowest BCUT2D eigenvalue weighted by molar-refractivity contribution is 0.0605. The number of hydrogen-bond donors (Lipinski definition) is 1. The summed E-state index contributed by atoms with van der Waals surface area (Å²) >= 11 is 1.33. The molecule has 2 heterocycles. The largest absolute Gasteiger partial charge is 0.385 e. The van der Waals surface area contributed by atoms with Crippen molar-refractivity contribution in [2.24, 2.45) is 0 Å². The van der Waals surface area contributed by atoms with E-state index < -0.39 is 11.0 Å². The molecule has 1 aromatic heterocycles. The molecular formula is C23H27N3O2S. The lowest BCUT2D eigenvalue weighted by atomic mass is 9.88. The predicted octanol–water partition coefficient (Wildman–Crippen LogP) is 4.33. The molecule has 2 atom stereocenters. The molecule has 0 radical (unpaired) electrons. The Hall–Kier alpha value is -2.23. The molecule has 152 valence electrons. The van der Waals surface area contributed by atoms with E-state index in [0.717, 1.165) is 41.8 Å². The molecule has 2 fully saturated rings. The van der Waals surface area contributed by atoms with Crippen molar-refractivity contribution < 1.29 is 9.90 Å². The van der Waals surface area contributed by atoms with E-state index >= 15 is 0 Å².